The van der Waals surface area contributed by atoms with Gasteiger partial charge in [0.25, 0.3) is 0 Å². The van der Waals surface area contributed by atoms with Gasteiger partial charge < -0.3 is 14.8 Å². The van der Waals surface area contributed by atoms with Crippen LogP contribution in [-0.4, -0.2) is 26.8 Å². The molecule has 1 aromatic rings. The molecule has 0 aromatic heterocycles. The standard InChI is InChI=1S/C13H21NO2/c1-11(14-2)6-5-9-16-13-8-4-7-12(10-13)15-3/h4,7-8,10-11,14H,5-6,9H2,1-3H3. The highest BCUT2D eigenvalue weighted by molar-refractivity contribution is 5.32. The largest absolute Gasteiger partial charge is 0.497 e. The van der Waals surface area contributed by atoms with E-state index in [0.29, 0.717) is 6.04 Å². The highest BCUT2D eigenvalue weighted by atomic mass is 16.5. The summed E-state index contributed by atoms with van der Waals surface area (Å²) in [4.78, 5) is 0. The number of hydrogen-bond donors (Lipinski definition) is 1. The molecule has 0 bridgehead atoms. The number of ether oxygens (including phenoxy) is 2. The molecule has 3 nitrogen and oxygen atoms in total. The second-order valence-electron chi connectivity index (χ2n) is 3.86. The van der Waals surface area contributed by atoms with Crippen molar-refractivity contribution < 1.29 is 9.47 Å². The van der Waals surface area contributed by atoms with Crippen molar-refractivity contribution in [1.29, 1.82) is 0 Å². The van der Waals surface area contributed by atoms with Crippen molar-refractivity contribution in [2.45, 2.75) is 25.8 Å². The maximum atomic E-state index is 5.64. The zero-order valence-corrected chi connectivity index (χ0v) is 10.3. The van der Waals surface area contributed by atoms with Crippen LogP contribution in [0.1, 0.15) is 19.8 Å². The molecule has 1 atom stereocenters. The van der Waals surface area contributed by atoms with Crippen molar-refractivity contribution in [3.05, 3.63) is 24.3 Å². The summed E-state index contributed by atoms with van der Waals surface area (Å²) in [5, 5.41) is 3.21. The van der Waals surface area contributed by atoms with E-state index >= 15 is 0 Å². The van der Waals surface area contributed by atoms with Gasteiger partial charge in [0.05, 0.1) is 13.7 Å². The Hall–Kier alpha value is -1.22. The van der Waals surface area contributed by atoms with Crippen LogP contribution in [0.3, 0.4) is 0 Å². The Bertz CT molecular complexity index is 302. The van der Waals surface area contributed by atoms with Crippen LogP contribution in [0, 0.1) is 0 Å². The van der Waals surface area contributed by atoms with E-state index in [1.165, 1.54) is 0 Å². The van der Waals surface area contributed by atoms with Crippen LogP contribution in [0.25, 0.3) is 0 Å². The average Bonchev–Trinajstić information content (AvgIpc) is 2.34. The maximum Gasteiger partial charge on any atom is 0.122 e. The fourth-order valence-corrected chi connectivity index (χ4v) is 1.41. The summed E-state index contributed by atoms with van der Waals surface area (Å²) in [6, 6.07) is 8.25. The summed E-state index contributed by atoms with van der Waals surface area (Å²) < 4.78 is 10.8. The van der Waals surface area contributed by atoms with Crippen molar-refractivity contribution in [1.82, 2.24) is 5.32 Å². The van der Waals surface area contributed by atoms with Gasteiger partial charge in [-0.1, -0.05) is 6.07 Å². The molecule has 1 aromatic carbocycles. The van der Waals surface area contributed by atoms with Gasteiger partial charge in [-0.25, -0.2) is 0 Å². The molecule has 0 radical (unpaired) electrons. The molecule has 0 amide bonds. The Kier molecular flexibility index (Phi) is 5.72. The van der Waals surface area contributed by atoms with Crippen LogP contribution in [0.2, 0.25) is 0 Å². The van der Waals surface area contributed by atoms with Gasteiger partial charge in [0.1, 0.15) is 11.5 Å². The van der Waals surface area contributed by atoms with Crippen LogP contribution >= 0.6 is 0 Å². The van der Waals surface area contributed by atoms with E-state index in [2.05, 4.69) is 12.2 Å². The average molecular weight is 223 g/mol. The molecule has 90 valence electrons. The number of nitrogens with one attached hydrogen (secondary N) is 1. The Morgan fingerprint density at radius 1 is 1.31 bits per heavy atom. The van der Waals surface area contributed by atoms with Gasteiger partial charge in [0.15, 0.2) is 0 Å². The summed E-state index contributed by atoms with van der Waals surface area (Å²) in [6.07, 6.45) is 2.18. The fraction of sp³-hybridized carbons (Fsp3) is 0.538. The van der Waals surface area contributed by atoms with Gasteiger partial charge in [-0.05, 0) is 38.9 Å². The van der Waals surface area contributed by atoms with Gasteiger partial charge in [0, 0.05) is 12.1 Å². The van der Waals surface area contributed by atoms with Crippen LogP contribution in [0.15, 0.2) is 24.3 Å². The molecular formula is C13H21NO2. The first-order valence-corrected chi connectivity index (χ1v) is 5.70. The van der Waals surface area contributed by atoms with E-state index in [9.17, 15) is 0 Å². The lowest BCUT2D eigenvalue weighted by Crippen LogP contribution is -2.21. The number of methoxy groups -OCH3 is 1. The third-order valence-corrected chi connectivity index (χ3v) is 2.58. The summed E-state index contributed by atoms with van der Waals surface area (Å²) in [7, 11) is 3.64. The summed E-state index contributed by atoms with van der Waals surface area (Å²) >= 11 is 0. The molecule has 0 saturated carbocycles. The minimum Gasteiger partial charge on any atom is -0.497 e. The van der Waals surface area contributed by atoms with E-state index in [1.807, 2.05) is 31.3 Å². The fourth-order valence-electron chi connectivity index (χ4n) is 1.41. The van der Waals surface area contributed by atoms with Gasteiger partial charge in [-0.15, -0.1) is 0 Å². The van der Waals surface area contributed by atoms with Gasteiger partial charge in [0.2, 0.25) is 0 Å². The lowest BCUT2D eigenvalue weighted by molar-refractivity contribution is 0.297. The Morgan fingerprint density at radius 3 is 2.75 bits per heavy atom. The van der Waals surface area contributed by atoms with Crippen molar-refractivity contribution in [2.75, 3.05) is 20.8 Å². The third kappa shape index (κ3) is 4.53. The molecule has 1 unspecified atom stereocenters. The van der Waals surface area contributed by atoms with E-state index in [0.717, 1.165) is 30.9 Å². The normalized spacial score (nSPS) is 12.2. The van der Waals surface area contributed by atoms with Crippen molar-refractivity contribution >= 4 is 0 Å². The second-order valence-corrected chi connectivity index (χ2v) is 3.86. The van der Waals surface area contributed by atoms with Crippen LogP contribution in [0.4, 0.5) is 0 Å². The topological polar surface area (TPSA) is 30.5 Å². The quantitative estimate of drug-likeness (QED) is 0.720. The van der Waals surface area contributed by atoms with E-state index in [-0.39, 0.29) is 0 Å². The molecule has 0 heterocycles. The Morgan fingerprint density at radius 2 is 2.06 bits per heavy atom. The highest BCUT2D eigenvalue weighted by Crippen LogP contribution is 2.18. The molecule has 3 heteroatoms. The van der Waals surface area contributed by atoms with Crippen molar-refractivity contribution in [3.63, 3.8) is 0 Å². The van der Waals surface area contributed by atoms with Crippen molar-refractivity contribution in [3.8, 4) is 11.5 Å². The van der Waals surface area contributed by atoms with Crippen LogP contribution in [0.5, 0.6) is 11.5 Å². The van der Waals surface area contributed by atoms with E-state index < -0.39 is 0 Å². The van der Waals surface area contributed by atoms with Crippen LogP contribution < -0.4 is 14.8 Å². The highest BCUT2D eigenvalue weighted by Gasteiger charge is 1.99. The lowest BCUT2D eigenvalue weighted by Gasteiger charge is -2.11. The van der Waals surface area contributed by atoms with E-state index in [4.69, 9.17) is 9.47 Å². The molecule has 0 aliphatic carbocycles. The Balaban J connectivity index is 2.26. The van der Waals surface area contributed by atoms with Crippen molar-refractivity contribution in [2.24, 2.45) is 0 Å². The second kappa shape index (κ2) is 7.12. The summed E-state index contributed by atoms with van der Waals surface area (Å²) in [6.45, 7) is 2.92. The predicted octanol–water partition coefficient (Wildman–Crippen LogP) is 2.46. The molecule has 0 spiro atoms. The summed E-state index contributed by atoms with van der Waals surface area (Å²) in [5.41, 5.74) is 0. The smallest absolute Gasteiger partial charge is 0.122 e. The lowest BCUT2D eigenvalue weighted by atomic mass is 10.2. The molecule has 0 saturated heterocycles. The monoisotopic (exact) mass is 223 g/mol. The summed E-state index contributed by atoms with van der Waals surface area (Å²) in [5.74, 6) is 1.71. The first-order valence-electron chi connectivity index (χ1n) is 5.70. The molecular weight excluding hydrogens is 202 g/mol. The zero-order valence-electron chi connectivity index (χ0n) is 10.3. The maximum absolute atomic E-state index is 5.64. The zero-order chi connectivity index (χ0) is 11.8. The molecule has 0 fully saturated rings. The van der Waals surface area contributed by atoms with Crippen LogP contribution in [-0.2, 0) is 0 Å². The number of hydrogen-bond acceptors (Lipinski definition) is 3. The minimum atomic E-state index is 0.550. The Labute approximate surface area is 97.8 Å². The van der Waals surface area contributed by atoms with Gasteiger partial charge in [-0.2, -0.15) is 0 Å². The first kappa shape index (κ1) is 12.8. The van der Waals surface area contributed by atoms with Gasteiger partial charge >= 0.3 is 0 Å². The molecule has 0 aliphatic heterocycles. The minimum absolute atomic E-state index is 0.550. The molecule has 0 aliphatic rings. The molecule has 1 rings (SSSR count). The van der Waals surface area contributed by atoms with Gasteiger partial charge in [-0.3, -0.25) is 0 Å². The number of benzene rings is 1. The predicted molar refractivity (Wildman–Crippen MR) is 66.2 cm³/mol. The molecule has 1 N–H and O–H groups in total. The van der Waals surface area contributed by atoms with E-state index in [1.54, 1.807) is 7.11 Å². The SMILES string of the molecule is CNC(C)CCCOc1cccc(OC)c1. The third-order valence-electron chi connectivity index (χ3n) is 2.58. The number of rotatable bonds is 7. The first-order chi connectivity index (χ1) is 7.76. The molecule has 16 heavy (non-hydrogen) atoms.